The van der Waals surface area contributed by atoms with Gasteiger partial charge < -0.3 is 10.2 Å². The minimum absolute atomic E-state index is 0.150. The fourth-order valence-electron chi connectivity index (χ4n) is 3.35. The zero-order chi connectivity index (χ0) is 19.7. The van der Waals surface area contributed by atoms with Gasteiger partial charge in [-0.05, 0) is 29.7 Å². The van der Waals surface area contributed by atoms with Gasteiger partial charge in [0.05, 0.1) is 10.6 Å². The number of aryl methyl sites for hydroxylation is 1. The first-order valence-electron chi connectivity index (χ1n) is 8.99. The van der Waals surface area contributed by atoms with E-state index in [2.05, 4.69) is 16.5 Å². The normalized spacial score (nSPS) is 13.1. The van der Waals surface area contributed by atoms with E-state index in [1.54, 1.807) is 42.3 Å². The Morgan fingerprint density at radius 1 is 1.07 bits per heavy atom. The van der Waals surface area contributed by atoms with Crippen LogP contribution in [0, 0.1) is 0 Å². The number of amides is 2. The Morgan fingerprint density at radius 2 is 1.79 bits per heavy atom. The molecular formula is C21H19ClN4O2. The van der Waals surface area contributed by atoms with Gasteiger partial charge in [0.15, 0.2) is 5.69 Å². The number of benzene rings is 2. The molecular weight excluding hydrogens is 376 g/mol. The van der Waals surface area contributed by atoms with Crippen LogP contribution >= 0.6 is 11.6 Å². The van der Waals surface area contributed by atoms with Gasteiger partial charge in [0.25, 0.3) is 11.8 Å². The molecule has 7 heteroatoms. The van der Waals surface area contributed by atoms with Crippen molar-refractivity contribution in [2.45, 2.75) is 13.0 Å². The molecule has 0 spiro atoms. The van der Waals surface area contributed by atoms with Gasteiger partial charge in [-0.2, -0.15) is 5.10 Å². The zero-order valence-electron chi connectivity index (χ0n) is 15.4. The predicted octanol–water partition coefficient (Wildman–Crippen LogP) is 3.52. The lowest BCUT2D eigenvalue weighted by Crippen LogP contribution is -2.36. The Hall–Kier alpha value is -3.12. The Labute approximate surface area is 167 Å². The summed E-state index contributed by atoms with van der Waals surface area (Å²) >= 11 is 6.08. The van der Waals surface area contributed by atoms with Gasteiger partial charge in [0.1, 0.15) is 5.82 Å². The van der Waals surface area contributed by atoms with Crippen LogP contribution in [0.1, 0.15) is 32.0 Å². The van der Waals surface area contributed by atoms with Crippen molar-refractivity contribution in [3.05, 3.63) is 82.0 Å². The molecule has 2 heterocycles. The van der Waals surface area contributed by atoms with E-state index in [1.807, 2.05) is 18.2 Å². The molecule has 0 aliphatic carbocycles. The van der Waals surface area contributed by atoms with Gasteiger partial charge >= 0.3 is 0 Å². The van der Waals surface area contributed by atoms with Crippen LogP contribution < -0.4 is 5.32 Å². The maximum absolute atomic E-state index is 12.9. The third-order valence-electron chi connectivity index (χ3n) is 4.88. The zero-order valence-corrected chi connectivity index (χ0v) is 16.1. The third-order valence-corrected chi connectivity index (χ3v) is 5.21. The average Bonchev–Trinajstić information content (AvgIpc) is 3.07. The topological polar surface area (TPSA) is 67.2 Å². The number of carbonyl (C=O) groups is 2. The van der Waals surface area contributed by atoms with Crippen LogP contribution in [-0.4, -0.2) is 33.0 Å². The number of nitrogens with zero attached hydrogens (tertiary/aromatic N) is 3. The summed E-state index contributed by atoms with van der Waals surface area (Å²) in [5.41, 5.74) is 3.10. The summed E-state index contributed by atoms with van der Waals surface area (Å²) in [5.74, 6) is -0.0616. The number of carbonyl (C=O) groups excluding carboxylic acids is 2. The molecule has 2 amide bonds. The molecule has 0 saturated heterocycles. The molecule has 4 rings (SSSR count). The van der Waals surface area contributed by atoms with Gasteiger partial charge in [-0.25, -0.2) is 0 Å². The fraction of sp³-hybridized carbons (Fsp3) is 0.190. The maximum Gasteiger partial charge on any atom is 0.274 e. The standard InChI is InChI=1S/C21H19ClN4O2/c1-25-19(23-20(27)16-8-4-5-9-17(16)22)12-18(24-25)21(28)26-11-10-14-6-2-3-7-15(14)13-26/h2-9,12H,10-11,13H2,1H3,(H,23,27). The number of hydrogen-bond acceptors (Lipinski definition) is 3. The number of rotatable bonds is 3. The molecule has 1 aromatic heterocycles. The highest BCUT2D eigenvalue weighted by Gasteiger charge is 2.24. The molecule has 6 nitrogen and oxygen atoms in total. The molecule has 142 valence electrons. The second kappa shape index (κ2) is 7.48. The highest BCUT2D eigenvalue weighted by Crippen LogP contribution is 2.22. The molecule has 1 N–H and O–H groups in total. The molecule has 0 fully saturated rings. The highest BCUT2D eigenvalue weighted by molar-refractivity contribution is 6.34. The van der Waals surface area contributed by atoms with Crippen LogP contribution in [0.2, 0.25) is 5.02 Å². The minimum Gasteiger partial charge on any atom is -0.333 e. The summed E-state index contributed by atoms with van der Waals surface area (Å²) in [6.07, 6.45) is 0.824. The van der Waals surface area contributed by atoms with E-state index in [-0.39, 0.29) is 11.8 Å². The summed E-state index contributed by atoms with van der Waals surface area (Å²) < 4.78 is 1.49. The average molecular weight is 395 g/mol. The van der Waals surface area contributed by atoms with Crippen molar-refractivity contribution < 1.29 is 9.59 Å². The molecule has 0 bridgehead atoms. The highest BCUT2D eigenvalue weighted by atomic mass is 35.5. The SMILES string of the molecule is Cn1nc(C(=O)N2CCc3ccccc3C2)cc1NC(=O)c1ccccc1Cl. The Kier molecular flexibility index (Phi) is 4.88. The second-order valence-electron chi connectivity index (χ2n) is 6.72. The first-order valence-corrected chi connectivity index (χ1v) is 9.36. The molecule has 0 unspecified atom stereocenters. The lowest BCUT2D eigenvalue weighted by atomic mass is 10.00. The number of hydrogen-bond donors (Lipinski definition) is 1. The Balaban J connectivity index is 1.51. The lowest BCUT2D eigenvalue weighted by Gasteiger charge is -2.28. The van der Waals surface area contributed by atoms with E-state index < -0.39 is 0 Å². The fourth-order valence-corrected chi connectivity index (χ4v) is 3.57. The van der Waals surface area contributed by atoms with Crippen molar-refractivity contribution in [3.63, 3.8) is 0 Å². The number of anilines is 1. The summed E-state index contributed by atoms with van der Waals surface area (Å²) in [4.78, 5) is 27.2. The van der Waals surface area contributed by atoms with Crippen molar-refractivity contribution in [3.8, 4) is 0 Å². The van der Waals surface area contributed by atoms with E-state index in [0.29, 0.717) is 35.2 Å². The number of nitrogens with one attached hydrogen (secondary N) is 1. The van der Waals surface area contributed by atoms with Gasteiger partial charge in [0.2, 0.25) is 0 Å². The molecule has 1 aliphatic heterocycles. The van der Waals surface area contributed by atoms with E-state index >= 15 is 0 Å². The van der Waals surface area contributed by atoms with Crippen LogP contribution in [-0.2, 0) is 20.0 Å². The summed E-state index contributed by atoms with van der Waals surface area (Å²) in [6, 6.07) is 16.5. The van der Waals surface area contributed by atoms with Gasteiger partial charge in [-0.1, -0.05) is 48.0 Å². The monoisotopic (exact) mass is 394 g/mol. The molecule has 0 radical (unpaired) electrons. The summed E-state index contributed by atoms with van der Waals surface area (Å²) in [7, 11) is 1.69. The molecule has 0 atom stereocenters. The lowest BCUT2D eigenvalue weighted by molar-refractivity contribution is 0.0727. The molecule has 0 saturated carbocycles. The molecule has 2 aromatic carbocycles. The number of fused-ring (bicyclic) bond motifs is 1. The van der Waals surface area contributed by atoms with Crippen molar-refractivity contribution in [1.29, 1.82) is 0 Å². The number of halogens is 1. The summed E-state index contributed by atoms with van der Waals surface area (Å²) in [5, 5.41) is 7.42. The number of aromatic nitrogens is 2. The van der Waals surface area contributed by atoms with E-state index in [1.165, 1.54) is 10.2 Å². The van der Waals surface area contributed by atoms with Crippen molar-refractivity contribution in [1.82, 2.24) is 14.7 Å². The van der Waals surface area contributed by atoms with E-state index in [4.69, 9.17) is 11.6 Å². The predicted molar refractivity (Wildman–Crippen MR) is 107 cm³/mol. The van der Waals surface area contributed by atoms with Gasteiger partial charge in [-0.15, -0.1) is 0 Å². The minimum atomic E-state index is -0.348. The Bertz CT molecular complexity index is 1060. The largest absolute Gasteiger partial charge is 0.333 e. The smallest absolute Gasteiger partial charge is 0.274 e. The maximum atomic E-state index is 12.9. The summed E-state index contributed by atoms with van der Waals surface area (Å²) in [6.45, 7) is 1.21. The van der Waals surface area contributed by atoms with Crippen LogP contribution in [0.5, 0.6) is 0 Å². The third kappa shape index (κ3) is 3.51. The first-order chi connectivity index (χ1) is 13.5. The van der Waals surface area contributed by atoms with Crippen LogP contribution in [0.15, 0.2) is 54.6 Å². The molecule has 28 heavy (non-hydrogen) atoms. The van der Waals surface area contributed by atoms with E-state index in [9.17, 15) is 9.59 Å². The quantitative estimate of drug-likeness (QED) is 0.739. The first kappa shape index (κ1) is 18.3. The Morgan fingerprint density at radius 3 is 2.57 bits per heavy atom. The van der Waals surface area contributed by atoms with Crippen LogP contribution in [0.3, 0.4) is 0 Å². The van der Waals surface area contributed by atoms with Crippen molar-refractivity contribution >= 4 is 29.2 Å². The van der Waals surface area contributed by atoms with Crippen LogP contribution in [0.4, 0.5) is 5.82 Å². The second-order valence-corrected chi connectivity index (χ2v) is 7.13. The van der Waals surface area contributed by atoms with Crippen molar-refractivity contribution in [2.75, 3.05) is 11.9 Å². The van der Waals surface area contributed by atoms with Crippen molar-refractivity contribution in [2.24, 2.45) is 7.05 Å². The van der Waals surface area contributed by atoms with Crippen LogP contribution in [0.25, 0.3) is 0 Å². The molecule has 3 aromatic rings. The van der Waals surface area contributed by atoms with E-state index in [0.717, 1.165) is 12.0 Å². The molecule has 1 aliphatic rings. The van der Waals surface area contributed by atoms with Gasteiger partial charge in [-0.3, -0.25) is 14.3 Å². The van der Waals surface area contributed by atoms with Gasteiger partial charge in [0, 0.05) is 26.2 Å².